The third-order valence-electron chi connectivity index (χ3n) is 13.3. The average Bonchev–Trinajstić information content (AvgIpc) is 3.75. The molecule has 1 aliphatic rings. The Morgan fingerprint density at radius 2 is 1.35 bits per heavy atom. The van der Waals surface area contributed by atoms with Gasteiger partial charge in [-0.05, 0) is 114 Å². The van der Waals surface area contributed by atoms with Gasteiger partial charge in [-0.1, -0.05) is 160 Å². The Morgan fingerprint density at radius 1 is 0.698 bits per heavy atom. The molecule has 63 heavy (non-hydrogen) atoms. The molecule has 0 aliphatic carbocycles. The quantitative estimate of drug-likeness (QED) is 0.142. The van der Waals surface area contributed by atoms with Crippen LogP contribution in [0.5, 0.6) is 0 Å². The average molecular weight is 1010 g/mol. The van der Waals surface area contributed by atoms with Crippen molar-refractivity contribution >= 4 is 27.7 Å². The van der Waals surface area contributed by atoms with E-state index in [-0.39, 0.29) is 44.4 Å². The summed E-state index contributed by atoms with van der Waals surface area (Å²) in [5.41, 5.74) is 17.2. The predicted molar refractivity (Wildman–Crippen MR) is 259 cm³/mol. The molecule has 0 N–H and O–H groups in total. The van der Waals surface area contributed by atoms with Crippen LogP contribution in [0.3, 0.4) is 0 Å². The molecule has 6 aromatic carbocycles. The Labute approximate surface area is 388 Å². The fourth-order valence-corrected chi connectivity index (χ4v) is 9.74. The topological polar surface area (TPSA) is 39.4 Å². The molecule has 0 spiro atoms. The van der Waals surface area contributed by atoms with E-state index in [4.69, 9.17) is 14.7 Å². The number of aliphatic imine (C=N–C) groups is 1. The molecular weight excluding hydrogens is 950 g/mol. The second-order valence-electron chi connectivity index (χ2n) is 19.2. The van der Waals surface area contributed by atoms with Crippen molar-refractivity contribution in [1.29, 1.82) is 0 Å². The molecule has 5 heteroatoms. The predicted octanol–water partition coefficient (Wildman–Crippen LogP) is 14.3. The van der Waals surface area contributed by atoms with E-state index in [9.17, 15) is 0 Å². The second-order valence-corrected chi connectivity index (χ2v) is 19.2. The van der Waals surface area contributed by atoms with Gasteiger partial charge in [0.25, 0.3) is 0 Å². The standard InChI is InChI=1S/C58H57N3O.Pt/c1-35(2)58(11)55(54(41-18-14-12-15-19-41)42-20-16-13-17-21-42)60-56(62-58)44-30-43(53-39(6)26-37(4)27-40(53)7)31-46(32-44)61-51-23-22-36(3)28-48(51)49-29-38(5)47(34-52(49)61)50-33-45(24-25-59-50)57(8,9)10;/h12-31,33,35,54-55H,1-11H3;/q-2;+2/t55-,58-;/m1./s1. The van der Waals surface area contributed by atoms with E-state index < -0.39 is 5.60 Å². The van der Waals surface area contributed by atoms with Gasteiger partial charge in [0.05, 0.1) is 6.04 Å². The molecule has 0 bridgehead atoms. The summed E-state index contributed by atoms with van der Waals surface area (Å²) in [7, 11) is 0. The van der Waals surface area contributed by atoms with Crippen LogP contribution in [-0.2, 0) is 31.2 Å². The van der Waals surface area contributed by atoms with Crippen molar-refractivity contribution in [3.8, 4) is 28.1 Å². The first kappa shape index (κ1) is 44.1. The van der Waals surface area contributed by atoms with Crippen molar-refractivity contribution in [2.75, 3.05) is 0 Å². The molecule has 2 aromatic heterocycles. The summed E-state index contributed by atoms with van der Waals surface area (Å²) in [5, 5.41) is 2.33. The summed E-state index contributed by atoms with van der Waals surface area (Å²) >= 11 is 0. The fourth-order valence-electron chi connectivity index (χ4n) is 9.74. The molecule has 320 valence electrons. The number of benzene rings is 6. The van der Waals surface area contributed by atoms with Crippen LogP contribution < -0.4 is 0 Å². The van der Waals surface area contributed by atoms with Gasteiger partial charge < -0.3 is 14.3 Å². The molecule has 0 unspecified atom stereocenters. The van der Waals surface area contributed by atoms with Gasteiger partial charge in [-0.3, -0.25) is 4.99 Å². The normalized spacial score (nSPS) is 16.5. The fraction of sp³-hybridized carbons (Fsp3) is 0.276. The summed E-state index contributed by atoms with van der Waals surface area (Å²) in [6, 6.07) is 51.8. The molecule has 8 aromatic rings. The Bertz CT molecular complexity index is 2960. The molecule has 0 radical (unpaired) electrons. The summed E-state index contributed by atoms with van der Waals surface area (Å²) in [4.78, 5) is 10.6. The largest absolute Gasteiger partial charge is 2.00 e. The van der Waals surface area contributed by atoms with Crippen LogP contribution in [-0.4, -0.2) is 27.1 Å². The third kappa shape index (κ3) is 8.01. The van der Waals surface area contributed by atoms with Crippen molar-refractivity contribution in [3.63, 3.8) is 0 Å². The molecule has 0 amide bonds. The number of nitrogens with zero attached hydrogens (tertiary/aromatic N) is 3. The van der Waals surface area contributed by atoms with Gasteiger partial charge in [0.15, 0.2) is 0 Å². The van der Waals surface area contributed by atoms with E-state index in [0.29, 0.717) is 5.90 Å². The van der Waals surface area contributed by atoms with E-state index in [1.165, 1.54) is 49.9 Å². The van der Waals surface area contributed by atoms with Crippen LogP contribution in [0.25, 0.3) is 49.9 Å². The van der Waals surface area contributed by atoms with Gasteiger partial charge in [0, 0.05) is 17.6 Å². The number of aryl methyl sites for hydroxylation is 5. The van der Waals surface area contributed by atoms with Crippen molar-refractivity contribution in [2.45, 2.75) is 99.1 Å². The Kier molecular flexibility index (Phi) is 11.8. The number of hydrogen-bond donors (Lipinski definition) is 0. The van der Waals surface area contributed by atoms with Gasteiger partial charge in [0.1, 0.15) is 11.5 Å². The molecule has 3 heterocycles. The number of hydrogen-bond acceptors (Lipinski definition) is 3. The van der Waals surface area contributed by atoms with Crippen LogP contribution in [0.1, 0.15) is 97.5 Å². The van der Waals surface area contributed by atoms with E-state index in [2.05, 4.69) is 214 Å². The van der Waals surface area contributed by atoms with Gasteiger partial charge in [-0.25, -0.2) is 0 Å². The molecule has 9 rings (SSSR count). The third-order valence-corrected chi connectivity index (χ3v) is 13.3. The molecule has 4 nitrogen and oxygen atoms in total. The zero-order valence-corrected chi connectivity index (χ0v) is 40.7. The first-order valence-corrected chi connectivity index (χ1v) is 22.1. The van der Waals surface area contributed by atoms with Gasteiger partial charge >= 0.3 is 21.1 Å². The second kappa shape index (κ2) is 16.9. The number of pyridine rings is 1. The van der Waals surface area contributed by atoms with Crippen LogP contribution in [0.4, 0.5) is 0 Å². The number of ether oxygens (including phenoxy) is 1. The van der Waals surface area contributed by atoms with Gasteiger partial charge in [-0.2, -0.15) is 0 Å². The Hall–Kier alpha value is -5.57. The van der Waals surface area contributed by atoms with E-state index in [0.717, 1.165) is 50.1 Å². The minimum absolute atomic E-state index is 0. The minimum Gasteiger partial charge on any atom is -0.512 e. The molecule has 1 aliphatic heterocycles. The van der Waals surface area contributed by atoms with Crippen molar-refractivity contribution in [2.24, 2.45) is 10.9 Å². The zero-order chi connectivity index (χ0) is 43.7. The van der Waals surface area contributed by atoms with Crippen molar-refractivity contribution in [1.82, 2.24) is 9.55 Å². The Balaban J connectivity index is 0.00000544. The number of fused-ring (bicyclic) bond motifs is 3. The summed E-state index contributed by atoms with van der Waals surface area (Å²) in [6.07, 6.45) is 1.93. The summed E-state index contributed by atoms with van der Waals surface area (Å²) in [6.45, 7) is 24.4. The molecule has 0 fully saturated rings. The molecular formula is C58H57N3OPt. The number of aromatic nitrogens is 2. The van der Waals surface area contributed by atoms with Crippen LogP contribution >= 0.6 is 0 Å². The first-order chi connectivity index (χ1) is 29.6. The maximum atomic E-state index is 7.29. The first-order valence-electron chi connectivity index (χ1n) is 22.1. The smallest absolute Gasteiger partial charge is 0.512 e. The van der Waals surface area contributed by atoms with E-state index >= 15 is 0 Å². The maximum Gasteiger partial charge on any atom is 2.00 e. The van der Waals surface area contributed by atoms with Crippen LogP contribution in [0.15, 0.2) is 133 Å². The monoisotopic (exact) mass is 1010 g/mol. The Morgan fingerprint density at radius 3 is 1.97 bits per heavy atom. The molecule has 2 atom stereocenters. The minimum atomic E-state index is -0.607. The molecule has 0 saturated carbocycles. The maximum absolute atomic E-state index is 7.29. The van der Waals surface area contributed by atoms with Crippen molar-refractivity contribution < 1.29 is 25.8 Å². The van der Waals surface area contributed by atoms with Crippen LogP contribution in [0, 0.1) is 52.7 Å². The van der Waals surface area contributed by atoms with Crippen LogP contribution in [0.2, 0.25) is 0 Å². The zero-order valence-electron chi connectivity index (χ0n) is 38.4. The molecule has 0 saturated heterocycles. The summed E-state index contributed by atoms with van der Waals surface area (Å²) < 4.78 is 9.64. The van der Waals surface area contributed by atoms with E-state index in [1.54, 1.807) is 0 Å². The number of rotatable bonds is 8. The van der Waals surface area contributed by atoms with Crippen molar-refractivity contribution in [3.05, 3.63) is 190 Å². The van der Waals surface area contributed by atoms with E-state index in [1.807, 2.05) is 6.20 Å². The SMILES string of the molecule is Cc1cc(C)c(-c2cc(C3=N[C@H](C(c4ccccc4)c4ccccc4)[C@@](C)(C(C)C)O3)[c-]c(-n3c4[c-]c(-c5cc(C(C)(C)C)ccn5)c(C)cc4c4cc(C)ccc43)c2)c(C)c1.[Pt+2]. The van der Waals surface area contributed by atoms with Gasteiger partial charge in [0.2, 0.25) is 0 Å². The summed E-state index contributed by atoms with van der Waals surface area (Å²) in [5.74, 6) is 0.762. The van der Waals surface area contributed by atoms with Gasteiger partial charge in [-0.15, -0.1) is 41.5 Å².